The first-order valence-corrected chi connectivity index (χ1v) is 8.14. The van der Waals surface area contributed by atoms with Gasteiger partial charge in [0.05, 0.1) is 10.7 Å². The van der Waals surface area contributed by atoms with Crippen LogP contribution in [0.15, 0.2) is 5.38 Å². The number of nitrogens with zero attached hydrogens (tertiary/aromatic N) is 1. The summed E-state index contributed by atoms with van der Waals surface area (Å²) in [7, 11) is 0. The molecule has 1 aromatic heterocycles. The van der Waals surface area contributed by atoms with Crippen molar-refractivity contribution in [3.8, 4) is 0 Å². The van der Waals surface area contributed by atoms with Crippen molar-refractivity contribution in [3.63, 3.8) is 0 Å². The maximum atomic E-state index is 5.81. The zero-order valence-electron chi connectivity index (χ0n) is 12.6. The van der Waals surface area contributed by atoms with Crippen LogP contribution in [0.1, 0.15) is 64.1 Å². The second kappa shape index (κ2) is 5.51. The van der Waals surface area contributed by atoms with Gasteiger partial charge in [-0.2, -0.15) is 0 Å². The van der Waals surface area contributed by atoms with E-state index < -0.39 is 0 Å². The van der Waals surface area contributed by atoms with Crippen LogP contribution in [-0.4, -0.2) is 11.0 Å². The molecule has 1 aromatic rings. The average Bonchev–Trinajstić information content (AvgIpc) is 2.94. The Balaban J connectivity index is 2.08. The smallest absolute Gasteiger partial charge is 0.0944 e. The second-order valence-electron chi connectivity index (χ2n) is 7.16. The van der Waals surface area contributed by atoms with E-state index in [4.69, 9.17) is 10.8 Å². The molecule has 108 valence electrons. The van der Waals surface area contributed by atoms with Crippen LogP contribution < -0.4 is 11.3 Å². The molecular formula is C15H27N3S. The molecule has 0 bridgehead atoms. The van der Waals surface area contributed by atoms with Gasteiger partial charge in [-0.15, -0.1) is 11.3 Å². The fourth-order valence-corrected chi connectivity index (χ4v) is 4.03. The van der Waals surface area contributed by atoms with Crippen molar-refractivity contribution >= 4 is 11.3 Å². The number of nitrogens with two attached hydrogens (primary N) is 1. The predicted octanol–water partition coefficient (Wildman–Crippen LogP) is 3.40. The highest BCUT2D eigenvalue weighted by molar-refractivity contribution is 7.09. The number of hydrogen-bond acceptors (Lipinski definition) is 4. The van der Waals surface area contributed by atoms with Gasteiger partial charge in [-0.25, -0.2) is 4.98 Å². The van der Waals surface area contributed by atoms with E-state index >= 15 is 0 Å². The van der Waals surface area contributed by atoms with Crippen molar-refractivity contribution in [1.82, 2.24) is 10.4 Å². The first-order valence-electron chi connectivity index (χ1n) is 7.26. The molecule has 0 amide bonds. The minimum absolute atomic E-state index is 0.137. The third kappa shape index (κ3) is 3.36. The largest absolute Gasteiger partial charge is 0.271 e. The first-order chi connectivity index (χ1) is 8.85. The van der Waals surface area contributed by atoms with E-state index in [9.17, 15) is 0 Å². The molecule has 3 nitrogen and oxygen atoms in total. The molecule has 0 aromatic carbocycles. The van der Waals surface area contributed by atoms with Crippen LogP contribution >= 0.6 is 11.3 Å². The van der Waals surface area contributed by atoms with Crippen molar-refractivity contribution in [2.24, 2.45) is 11.3 Å². The molecule has 19 heavy (non-hydrogen) atoms. The van der Waals surface area contributed by atoms with E-state index in [-0.39, 0.29) is 5.41 Å². The first kappa shape index (κ1) is 14.9. The lowest BCUT2D eigenvalue weighted by atomic mass is 9.79. The molecule has 1 aliphatic rings. The Bertz CT molecular complexity index is 413. The summed E-state index contributed by atoms with van der Waals surface area (Å²) in [4.78, 5) is 4.79. The molecule has 3 N–H and O–H groups in total. The molecule has 0 spiro atoms. The Morgan fingerprint density at radius 2 is 2.05 bits per heavy atom. The molecule has 4 heteroatoms. The second-order valence-corrected chi connectivity index (χ2v) is 8.10. The minimum atomic E-state index is 0.137. The van der Waals surface area contributed by atoms with Gasteiger partial charge in [-0.1, -0.05) is 40.5 Å². The van der Waals surface area contributed by atoms with Gasteiger partial charge >= 0.3 is 0 Å². The van der Waals surface area contributed by atoms with Crippen molar-refractivity contribution in [1.29, 1.82) is 0 Å². The summed E-state index contributed by atoms with van der Waals surface area (Å²) in [6.45, 7) is 9.00. The van der Waals surface area contributed by atoms with Gasteiger partial charge < -0.3 is 0 Å². The van der Waals surface area contributed by atoms with E-state index in [0.29, 0.717) is 11.5 Å². The highest BCUT2D eigenvalue weighted by atomic mass is 32.1. The monoisotopic (exact) mass is 281 g/mol. The Morgan fingerprint density at radius 1 is 1.42 bits per heavy atom. The maximum absolute atomic E-state index is 5.81. The fraction of sp³-hybridized carbons (Fsp3) is 0.800. The molecule has 1 saturated carbocycles. The van der Waals surface area contributed by atoms with Crippen LogP contribution in [0.3, 0.4) is 0 Å². The molecule has 1 unspecified atom stereocenters. The Kier molecular flexibility index (Phi) is 4.33. The van der Waals surface area contributed by atoms with E-state index in [0.717, 1.165) is 6.42 Å². The molecule has 0 aliphatic heterocycles. The molecule has 1 heterocycles. The van der Waals surface area contributed by atoms with Crippen LogP contribution in [0.4, 0.5) is 0 Å². The lowest BCUT2D eigenvalue weighted by Gasteiger charge is -2.33. The summed E-state index contributed by atoms with van der Waals surface area (Å²) in [6.07, 6.45) is 6.17. The van der Waals surface area contributed by atoms with Crippen molar-refractivity contribution in [2.75, 3.05) is 0 Å². The predicted molar refractivity (Wildman–Crippen MR) is 82.2 cm³/mol. The van der Waals surface area contributed by atoms with E-state index in [1.165, 1.54) is 36.4 Å². The zero-order valence-corrected chi connectivity index (χ0v) is 13.4. The van der Waals surface area contributed by atoms with Crippen molar-refractivity contribution in [3.05, 3.63) is 16.1 Å². The summed E-state index contributed by atoms with van der Waals surface area (Å²) in [5.74, 6) is 5.81. The van der Waals surface area contributed by atoms with Crippen molar-refractivity contribution in [2.45, 2.75) is 71.3 Å². The summed E-state index contributed by atoms with van der Waals surface area (Å²) in [5.41, 5.74) is 4.71. The zero-order chi connectivity index (χ0) is 14.1. The molecule has 1 fully saturated rings. The average molecular weight is 281 g/mol. The van der Waals surface area contributed by atoms with Crippen LogP contribution in [0.5, 0.6) is 0 Å². The Hall–Kier alpha value is -0.450. The quantitative estimate of drug-likeness (QED) is 0.657. The highest BCUT2D eigenvalue weighted by Crippen LogP contribution is 2.41. The standard InChI is InChI=1S/C15H27N3S/c1-14(2,3)12-10-19-13(17-12)9-11(18-16)15(4)7-5-6-8-15/h10-11,18H,5-9,16H2,1-4H3. The molecule has 0 saturated heterocycles. The summed E-state index contributed by atoms with van der Waals surface area (Å²) in [6, 6.07) is 0.342. The van der Waals surface area contributed by atoms with Gasteiger partial charge in [0.25, 0.3) is 0 Å². The number of hydrogen-bond donors (Lipinski definition) is 2. The normalized spacial score (nSPS) is 20.7. The van der Waals surface area contributed by atoms with Crippen LogP contribution in [-0.2, 0) is 11.8 Å². The summed E-state index contributed by atoms with van der Waals surface area (Å²) < 4.78 is 0. The van der Waals surface area contributed by atoms with Gasteiger partial charge in [0.2, 0.25) is 0 Å². The molecular weight excluding hydrogens is 254 g/mol. The minimum Gasteiger partial charge on any atom is -0.271 e. The SMILES string of the molecule is CC(C)(C)c1csc(CC(NN)C2(C)CCCC2)n1. The lowest BCUT2D eigenvalue weighted by Crippen LogP contribution is -2.47. The Labute approximate surface area is 121 Å². The summed E-state index contributed by atoms with van der Waals surface area (Å²) >= 11 is 1.77. The number of hydrazine groups is 1. The highest BCUT2D eigenvalue weighted by Gasteiger charge is 2.37. The van der Waals surface area contributed by atoms with E-state index in [1.54, 1.807) is 11.3 Å². The van der Waals surface area contributed by atoms with Crippen LogP contribution in [0.2, 0.25) is 0 Å². The number of aromatic nitrogens is 1. The van der Waals surface area contributed by atoms with Gasteiger partial charge in [0, 0.05) is 23.3 Å². The third-order valence-electron chi connectivity index (χ3n) is 4.49. The molecule has 2 rings (SSSR count). The van der Waals surface area contributed by atoms with Crippen LogP contribution in [0.25, 0.3) is 0 Å². The number of thiazole rings is 1. The van der Waals surface area contributed by atoms with Gasteiger partial charge in [-0.3, -0.25) is 11.3 Å². The van der Waals surface area contributed by atoms with Crippen molar-refractivity contribution < 1.29 is 0 Å². The van der Waals surface area contributed by atoms with Crippen LogP contribution in [0, 0.1) is 5.41 Å². The Morgan fingerprint density at radius 3 is 2.53 bits per heavy atom. The lowest BCUT2D eigenvalue weighted by molar-refractivity contribution is 0.220. The van der Waals surface area contributed by atoms with E-state index in [2.05, 4.69) is 38.5 Å². The third-order valence-corrected chi connectivity index (χ3v) is 5.36. The van der Waals surface area contributed by atoms with E-state index in [1.807, 2.05) is 0 Å². The number of nitrogens with one attached hydrogen (secondary N) is 1. The fourth-order valence-electron chi connectivity index (χ4n) is 2.96. The van der Waals surface area contributed by atoms with Gasteiger partial charge in [-0.05, 0) is 18.3 Å². The summed E-state index contributed by atoms with van der Waals surface area (Å²) in [5, 5.41) is 3.40. The maximum Gasteiger partial charge on any atom is 0.0944 e. The molecule has 1 atom stereocenters. The topological polar surface area (TPSA) is 50.9 Å². The molecule has 0 radical (unpaired) electrons. The van der Waals surface area contributed by atoms with Gasteiger partial charge in [0.15, 0.2) is 0 Å². The number of rotatable bonds is 4. The van der Waals surface area contributed by atoms with Gasteiger partial charge in [0.1, 0.15) is 0 Å². The molecule has 1 aliphatic carbocycles.